The first-order valence-corrected chi connectivity index (χ1v) is 8.94. The van der Waals surface area contributed by atoms with Crippen molar-refractivity contribution in [2.45, 2.75) is 5.75 Å². The minimum atomic E-state index is -4.19. The molecule has 1 aromatic rings. The number of esters is 1. The van der Waals surface area contributed by atoms with Crippen molar-refractivity contribution in [3.05, 3.63) is 35.9 Å². The van der Waals surface area contributed by atoms with Gasteiger partial charge in [0.05, 0.1) is 7.11 Å². The van der Waals surface area contributed by atoms with Gasteiger partial charge >= 0.3 is 16.1 Å². The fourth-order valence-corrected chi connectivity index (χ4v) is 2.69. The van der Waals surface area contributed by atoms with Crippen molar-refractivity contribution in [3.8, 4) is 0 Å². The molecule has 0 aliphatic heterocycles. The van der Waals surface area contributed by atoms with Crippen molar-refractivity contribution in [2.75, 3.05) is 13.4 Å². The summed E-state index contributed by atoms with van der Waals surface area (Å²) in [6.45, 7) is 0. The van der Waals surface area contributed by atoms with E-state index >= 15 is 0 Å². The lowest BCUT2D eigenvalue weighted by Crippen LogP contribution is -2.25. The van der Waals surface area contributed by atoms with E-state index in [0.29, 0.717) is 11.8 Å². The Kier molecular flexibility index (Phi) is 5.44. The minimum absolute atomic E-state index is 0.423. The summed E-state index contributed by atoms with van der Waals surface area (Å²) in [6.07, 6.45) is 0.677. The minimum Gasteiger partial charge on any atom is -0.464 e. The number of nitrogens with zero attached hydrogens (tertiary/aromatic N) is 1. The predicted octanol–water partition coefficient (Wildman–Crippen LogP) is 0.0641. The Morgan fingerprint density at radius 3 is 2.19 bits per heavy atom. The molecule has 10 heteroatoms. The second kappa shape index (κ2) is 6.68. The summed E-state index contributed by atoms with van der Waals surface area (Å²) < 4.78 is 54.4. The molecule has 0 saturated heterocycles. The maximum absolute atomic E-state index is 11.7. The predicted molar refractivity (Wildman–Crippen MR) is 74.4 cm³/mol. The van der Waals surface area contributed by atoms with Gasteiger partial charge < -0.3 is 4.74 Å². The van der Waals surface area contributed by atoms with Gasteiger partial charge in [0.2, 0.25) is 9.84 Å². The Hall–Kier alpha value is -1.94. The van der Waals surface area contributed by atoms with E-state index in [-0.39, 0.29) is 0 Å². The summed E-state index contributed by atoms with van der Waals surface area (Å²) >= 11 is 0. The number of benzene rings is 1. The first-order valence-electron chi connectivity index (χ1n) is 5.47. The molecule has 0 atom stereocenters. The monoisotopic (exact) mass is 335 g/mol. The number of hydrogen-bond acceptors (Lipinski definition) is 8. The number of methoxy groups -OCH3 is 1. The zero-order chi connectivity index (χ0) is 16.1. The average Bonchev–Trinajstić information content (AvgIpc) is 2.37. The summed E-state index contributed by atoms with van der Waals surface area (Å²) in [7, 11) is -7.34. The van der Waals surface area contributed by atoms with Gasteiger partial charge in [-0.15, -0.1) is 0 Å². The van der Waals surface area contributed by atoms with Crippen LogP contribution in [0.2, 0.25) is 0 Å². The molecule has 116 valence electrons. The van der Waals surface area contributed by atoms with Crippen LogP contribution in [0, 0.1) is 0 Å². The van der Waals surface area contributed by atoms with E-state index in [1.807, 2.05) is 0 Å². The fraction of sp³-hybridized carbons (Fsp3) is 0.273. The highest BCUT2D eigenvalue weighted by atomic mass is 32.2. The quantitative estimate of drug-likeness (QED) is 0.331. The van der Waals surface area contributed by atoms with Crippen molar-refractivity contribution >= 4 is 31.0 Å². The van der Waals surface area contributed by atoms with Crippen LogP contribution in [0.1, 0.15) is 5.56 Å². The molecule has 1 rings (SSSR count). The largest absolute Gasteiger partial charge is 0.464 e. The normalized spacial score (nSPS) is 12.8. The van der Waals surface area contributed by atoms with Gasteiger partial charge in [-0.3, -0.25) is 4.28 Å². The summed E-state index contributed by atoms with van der Waals surface area (Å²) in [5, 5.41) is 1.78. The molecule has 0 heterocycles. The lowest BCUT2D eigenvalue weighted by Gasteiger charge is -2.04. The van der Waals surface area contributed by atoms with Crippen molar-refractivity contribution in [1.29, 1.82) is 0 Å². The molecule has 0 spiro atoms. The molecular formula is C11H13NO7S2. The molecule has 0 saturated carbocycles. The maximum Gasteiger partial charge on any atom is 0.372 e. The third kappa shape index (κ3) is 5.52. The first kappa shape index (κ1) is 17.1. The van der Waals surface area contributed by atoms with Gasteiger partial charge in [0, 0.05) is 6.26 Å². The molecule has 1 aromatic carbocycles. The molecule has 0 aliphatic carbocycles. The van der Waals surface area contributed by atoms with Crippen molar-refractivity contribution in [1.82, 2.24) is 0 Å². The highest BCUT2D eigenvalue weighted by molar-refractivity contribution is 8.07. The maximum atomic E-state index is 11.7. The van der Waals surface area contributed by atoms with E-state index in [9.17, 15) is 21.6 Å². The van der Waals surface area contributed by atoms with Gasteiger partial charge in [-0.2, -0.15) is 8.42 Å². The van der Waals surface area contributed by atoms with Crippen LogP contribution in [0.15, 0.2) is 35.5 Å². The average molecular weight is 335 g/mol. The van der Waals surface area contributed by atoms with Crippen LogP contribution in [0.4, 0.5) is 0 Å². The second-order valence-electron chi connectivity index (χ2n) is 3.92. The molecule has 21 heavy (non-hydrogen) atoms. The van der Waals surface area contributed by atoms with Gasteiger partial charge in [-0.1, -0.05) is 30.3 Å². The third-order valence-electron chi connectivity index (χ3n) is 2.13. The molecule has 0 radical (unpaired) electrons. The van der Waals surface area contributed by atoms with E-state index in [2.05, 4.69) is 14.2 Å². The SMILES string of the molecule is COC(=O)/C(=N/OS(=O)(=O)Cc1ccccc1)S(C)(=O)=O. The van der Waals surface area contributed by atoms with Gasteiger partial charge in [0.25, 0.3) is 5.04 Å². The molecule has 0 amide bonds. The van der Waals surface area contributed by atoms with E-state index in [0.717, 1.165) is 7.11 Å². The Morgan fingerprint density at radius 1 is 1.14 bits per heavy atom. The fourth-order valence-electron chi connectivity index (χ4n) is 1.24. The summed E-state index contributed by atoms with van der Waals surface area (Å²) in [6, 6.07) is 8.05. The molecule has 0 bridgehead atoms. The Morgan fingerprint density at radius 2 is 1.71 bits per heavy atom. The molecule has 0 aromatic heterocycles. The molecule has 0 N–H and O–H groups in total. The summed E-state index contributed by atoms with van der Waals surface area (Å²) in [4.78, 5) is 11.2. The molecule has 8 nitrogen and oxygen atoms in total. The van der Waals surface area contributed by atoms with Crippen LogP contribution >= 0.6 is 0 Å². The second-order valence-corrected chi connectivity index (χ2v) is 7.41. The molecular weight excluding hydrogens is 322 g/mol. The number of rotatable bonds is 4. The lowest BCUT2D eigenvalue weighted by atomic mass is 10.2. The topological polar surface area (TPSA) is 116 Å². The number of sulfone groups is 1. The zero-order valence-corrected chi connectivity index (χ0v) is 12.8. The number of carbonyl (C=O) groups is 1. The Bertz CT molecular complexity index is 736. The van der Waals surface area contributed by atoms with Gasteiger partial charge in [-0.05, 0) is 10.7 Å². The smallest absolute Gasteiger partial charge is 0.372 e. The van der Waals surface area contributed by atoms with E-state index < -0.39 is 36.7 Å². The highest BCUT2D eigenvalue weighted by Gasteiger charge is 2.26. The number of hydrogen-bond donors (Lipinski definition) is 0. The first-order chi connectivity index (χ1) is 9.65. The van der Waals surface area contributed by atoms with E-state index in [1.165, 1.54) is 0 Å². The summed E-state index contributed by atoms with van der Waals surface area (Å²) in [5.41, 5.74) is 0.423. The van der Waals surface area contributed by atoms with Crippen molar-refractivity contribution < 1.29 is 30.7 Å². The van der Waals surface area contributed by atoms with E-state index in [4.69, 9.17) is 0 Å². The Labute approximate surface area is 122 Å². The van der Waals surface area contributed by atoms with Crippen molar-refractivity contribution in [3.63, 3.8) is 0 Å². The van der Waals surface area contributed by atoms with E-state index in [1.54, 1.807) is 30.3 Å². The molecule has 0 unspecified atom stereocenters. The van der Waals surface area contributed by atoms with Crippen LogP contribution in [0.5, 0.6) is 0 Å². The van der Waals surface area contributed by atoms with Crippen LogP contribution in [-0.4, -0.2) is 41.2 Å². The summed E-state index contributed by atoms with van der Waals surface area (Å²) in [5.74, 6) is -1.83. The van der Waals surface area contributed by atoms with Gasteiger partial charge in [-0.25, -0.2) is 13.2 Å². The number of oxime groups is 1. The molecule has 0 fully saturated rings. The van der Waals surface area contributed by atoms with Crippen LogP contribution < -0.4 is 0 Å². The molecule has 0 aliphatic rings. The van der Waals surface area contributed by atoms with Crippen molar-refractivity contribution in [2.24, 2.45) is 5.16 Å². The van der Waals surface area contributed by atoms with Crippen LogP contribution in [0.3, 0.4) is 0 Å². The third-order valence-corrected chi connectivity index (χ3v) is 4.06. The van der Waals surface area contributed by atoms with Gasteiger partial charge in [0.1, 0.15) is 5.75 Å². The standard InChI is InChI=1S/C11H13NO7S2/c1-18-11(13)10(20(2,14)15)12-19-21(16,17)8-9-6-4-3-5-7-9/h3-7H,8H2,1-2H3/b12-10-. The van der Waals surface area contributed by atoms with Crippen LogP contribution in [-0.2, 0) is 39.5 Å². The number of carbonyl (C=O) groups excluding carboxylic acids is 1. The lowest BCUT2D eigenvalue weighted by molar-refractivity contribution is -0.132. The zero-order valence-electron chi connectivity index (χ0n) is 11.2. The Balaban J connectivity index is 2.97. The number of ether oxygens (including phenoxy) is 1. The van der Waals surface area contributed by atoms with Gasteiger partial charge in [0.15, 0.2) is 0 Å². The van der Waals surface area contributed by atoms with Crippen LogP contribution in [0.25, 0.3) is 0 Å². The highest BCUT2D eigenvalue weighted by Crippen LogP contribution is 2.08.